The number of rotatable bonds is 10. The van der Waals surface area contributed by atoms with E-state index in [-0.39, 0.29) is 23.4 Å². The molecule has 218 valence electrons. The Balaban J connectivity index is 1.72. The Labute approximate surface area is 252 Å². The summed E-state index contributed by atoms with van der Waals surface area (Å²) in [5.41, 5.74) is 3.87. The number of amides is 2. The third-order valence-electron chi connectivity index (χ3n) is 7.84. The number of hydrogen-bond donors (Lipinski definition) is 1. The van der Waals surface area contributed by atoms with E-state index in [9.17, 15) is 18.0 Å². The first kappa shape index (κ1) is 30.8. The van der Waals surface area contributed by atoms with Crippen LogP contribution in [0.4, 0.5) is 5.69 Å². The third-order valence-corrected chi connectivity index (χ3v) is 10.1. The van der Waals surface area contributed by atoms with E-state index in [1.165, 1.54) is 9.21 Å². The van der Waals surface area contributed by atoms with Crippen LogP contribution in [0.1, 0.15) is 54.9 Å². The number of aryl methyl sites for hydroxylation is 2. The third kappa shape index (κ3) is 7.38. The minimum atomic E-state index is -4.11. The Hall–Kier alpha value is -3.17. The summed E-state index contributed by atoms with van der Waals surface area (Å²) < 4.78 is 30.2. The van der Waals surface area contributed by atoms with Crippen LogP contribution in [0, 0.1) is 20.8 Å². The molecule has 1 aliphatic carbocycles. The molecule has 0 radical (unpaired) electrons. The van der Waals surface area contributed by atoms with Gasteiger partial charge in [-0.2, -0.15) is 0 Å². The number of hydrogen-bond acceptors (Lipinski definition) is 4. The highest BCUT2D eigenvalue weighted by Gasteiger charge is 2.34. The van der Waals surface area contributed by atoms with Gasteiger partial charge in [-0.1, -0.05) is 70.7 Å². The van der Waals surface area contributed by atoms with E-state index in [1.54, 1.807) is 43.3 Å². The van der Waals surface area contributed by atoms with Crippen LogP contribution < -0.4 is 9.62 Å². The summed E-state index contributed by atoms with van der Waals surface area (Å²) in [6.45, 7) is 7.06. The van der Waals surface area contributed by atoms with Gasteiger partial charge in [0.2, 0.25) is 11.8 Å². The zero-order valence-corrected chi connectivity index (χ0v) is 26.5. The lowest BCUT2D eigenvalue weighted by Gasteiger charge is -2.33. The lowest BCUT2D eigenvalue weighted by molar-refractivity contribution is -0.139. The first-order valence-corrected chi connectivity index (χ1v) is 16.2. The van der Waals surface area contributed by atoms with Crippen molar-refractivity contribution in [2.75, 3.05) is 10.8 Å². The van der Waals surface area contributed by atoms with E-state index >= 15 is 0 Å². The molecule has 7 nitrogen and oxygen atoms in total. The molecule has 3 aromatic rings. The van der Waals surface area contributed by atoms with Gasteiger partial charge in [0, 0.05) is 17.1 Å². The van der Waals surface area contributed by atoms with Gasteiger partial charge in [0.05, 0.1) is 10.6 Å². The van der Waals surface area contributed by atoms with Crippen molar-refractivity contribution in [2.45, 2.75) is 76.9 Å². The minimum absolute atomic E-state index is 0.0983. The SMILES string of the molecule is Cc1ccc(S(=O)(=O)N(CC(=O)N(Cc2cccc(Br)c2)C(C)C(=O)NC2CCCC2)c2cccc(C)c2C)cc1. The monoisotopic (exact) mass is 639 g/mol. The summed E-state index contributed by atoms with van der Waals surface area (Å²) in [5, 5.41) is 3.10. The predicted molar refractivity (Wildman–Crippen MR) is 166 cm³/mol. The molecule has 1 aliphatic rings. The summed E-state index contributed by atoms with van der Waals surface area (Å²) >= 11 is 3.49. The van der Waals surface area contributed by atoms with E-state index in [1.807, 2.05) is 51.1 Å². The zero-order chi connectivity index (χ0) is 29.7. The molecule has 1 atom stereocenters. The van der Waals surface area contributed by atoms with Crippen molar-refractivity contribution < 1.29 is 18.0 Å². The first-order chi connectivity index (χ1) is 19.5. The van der Waals surface area contributed by atoms with Crippen LogP contribution in [0.25, 0.3) is 0 Å². The number of nitrogens with zero attached hydrogens (tertiary/aromatic N) is 2. The molecule has 1 unspecified atom stereocenters. The molecule has 4 rings (SSSR count). The van der Waals surface area contributed by atoms with Gasteiger partial charge >= 0.3 is 0 Å². The highest BCUT2D eigenvalue weighted by molar-refractivity contribution is 9.10. The lowest BCUT2D eigenvalue weighted by Crippen LogP contribution is -2.52. The zero-order valence-electron chi connectivity index (χ0n) is 24.1. The standard InChI is InChI=1S/C32H38BrN3O4S/c1-22-15-17-29(18-16-22)41(39,40)36(30-14-7-9-23(2)24(30)3)21-31(37)35(20-26-10-8-11-27(33)19-26)25(4)32(38)34-28-12-5-6-13-28/h7-11,14-19,25,28H,5-6,12-13,20-21H2,1-4H3,(H,34,38). The van der Waals surface area contributed by atoms with Crippen LogP contribution >= 0.6 is 15.9 Å². The molecule has 41 heavy (non-hydrogen) atoms. The van der Waals surface area contributed by atoms with Crippen molar-refractivity contribution in [1.29, 1.82) is 0 Å². The molecular formula is C32H38BrN3O4S. The number of carbonyl (C=O) groups excluding carboxylic acids is 2. The van der Waals surface area contributed by atoms with Gasteiger partial charge < -0.3 is 10.2 Å². The van der Waals surface area contributed by atoms with Crippen LogP contribution in [-0.2, 0) is 26.2 Å². The van der Waals surface area contributed by atoms with Gasteiger partial charge in [-0.15, -0.1) is 0 Å². The molecule has 1 fully saturated rings. The average Bonchev–Trinajstić information content (AvgIpc) is 3.45. The Bertz CT molecular complexity index is 1500. The number of anilines is 1. The Morgan fingerprint density at radius 2 is 1.63 bits per heavy atom. The molecule has 0 aliphatic heterocycles. The summed E-state index contributed by atoms with van der Waals surface area (Å²) in [6.07, 6.45) is 3.99. The van der Waals surface area contributed by atoms with Crippen LogP contribution in [-0.4, -0.2) is 43.8 Å². The van der Waals surface area contributed by atoms with Crippen molar-refractivity contribution in [2.24, 2.45) is 0 Å². The molecule has 1 saturated carbocycles. The van der Waals surface area contributed by atoms with E-state index in [0.29, 0.717) is 5.69 Å². The Kier molecular flexibility index (Phi) is 9.92. The van der Waals surface area contributed by atoms with Gasteiger partial charge in [0.1, 0.15) is 12.6 Å². The number of benzene rings is 3. The van der Waals surface area contributed by atoms with Gasteiger partial charge in [0.25, 0.3) is 10.0 Å². The van der Waals surface area contributed by atoms with E-state index in [2.05, 4.69) is 21.2 Å². The maximum Gasteiger partial charge on any atom is 0.264 e. The average molecular weight is 641 g/mol. The van der Waals surface area contributed by atoms with Crippen LogP contribution in [0.5, 0.6) is 0 Å². The van der Waals surface area contributed by atoms with Crippen LogP contribution in [0.15, 0.2) is 76.1 Å². The summed E-state index contributed by atoms with van der Waals surface area (Å²) in [6, 6.07) is 18.9. The second kappa shape index (κ2) is 13.2. The number of nitrogens with one attached hydrogen (secondary N) is 1. The number of halogens is 1. The molecule has 0 saturated heterocycles. The highest BCUT2D eigenvalue weighted by atomic mass is 79.9. The molecule has 9 heteroatoms. The maximum atomic E-state index is 14.2. The molecule has 0 spiro atoms. The number of carbonyl (C=O) groups is 2. The molecular weight excluding hydrogens is 602 g/mol. The van der Waals surface area contributed by atoms with Crippen molar-refractivity contribution >= 4 is 43.5 Å². The first-order valence-electron chi connectivity index (χ1n) is 14.0. The van der Waals surface area contributed by atoms with Gasteiger partial charge in [-0.05, 0) is 87.6 Å². The fourth-order valence-corrected chi connectivity index (χ4v) is 7.08. The van der Waals surface area contributed by atoms with Gasteiger partial charge in [-0.25, -0.2) is 8.42 Å². The summed E-state index contributed by atoms with van der Waals surface area (Å²) in [5.74, 6) is -0.699. The van der Waals surface area contributed by atoms with Gasteiger partial charge in [0.15, 0.2) is 0 Å². The number of sulfonamides is 1. The second-order valence-electron chi connectivity index (χ2n) is 10.9. The molecule has 0 bridgehead atoms. The Morgan fingerprint density at radius 3 is 2.29 bits per heavy atom. The summed E-state index contributed by atoms with van der Waals surface area (Å²) in [7, 11) is -4.11. The van der Waals surface area contributed by atoms with Crippen molar-refractivity contribution in [3.05, 3.63) is 93.5 Å². The largest absolute Gasteiger partial charge is 0.352 e. The van der Waals surface area contributed by atoms with E-state index in [0.717, 1.165) is 52.4 Å². The van der Waals surface area contributed by atoms with Crippen LogP contribution in [0.3, 0.4) is 0 Å². The quantitative estimate of drug-likeness (QED) is 0.293. The smallest absolute Gasteiger partial charge is 0.264 e. The van der Waals surface area contributed by atoms with E-state index in [4.69, 9.17) is 0 Å². The molecule has 0 heterocycles. The van der Waals surface area contributed by atoms with Crippen LogP contribution in [0.2, 0.25) is 0 Å². The summed E-state index contributed by atoms with van der Waals surface area (Å²) in [4.78, 5) is 29.1. The normalized spacial score (nSPS) is 14.5. The Morgan fingerprint density at radius 1 is 0.976 bits per heavy atom. The molecule has 3 aromatic carbocycles. The maximum absolute atomic E-state index is 14.2. The predicted octanol–water partition coefficient (Wildman–Crippen LogP) is 6.05. The highest BCUT2D eigenvalue weighted by Crippen LogP contribution is 2.29. The minimum Gasteiger partial charge on any atom is -0.352 e. The molecule has 0 aromatic heterocycles. The van der Waals surface area contributed by atoms with Crippen molar-refractivity contribution in [3.8, 4) is 0 Å². The second-order valence-corrected chi connectivity index (χ2v) is 13.6. The molecule has 2 amide bonds. The van der Waals surface area contributed by atoms with Crippen molar-refractivity contribution in [1.82, 2.24) is 10.2 Å². The van der Waals surface area contributed by atoms with E-state index < -0.39 is 28.5 Å². The van der Waals surface area contributed by atoms with Gasteiger partial charge in [-0.3, -0.25) is 13.9 Å². The topological polar surface area (TPSA) is 86.8 Å². The van der Waals surface area contributed by atoms with Crippen molar-refractivity contribution in [3.63, 3.8) is 0 Å². The molecule has 1 N–H and O–H groups in total. The fourth-order valence-electron chi connectivity index (χ4n) is 5.16. The lowest BCUT2D eigenvalue weighted by atomic mass is 10.1. The fraction of sp³-hybridized carbons (Fsp3) is 0.375.